The molecule has 0 radical (unpaired) electrons. The molecule has 0 spiro atoms. The number of quaternary nitrogens is 2. The molecular weight excluding hydrogens is 558 g/mol. The highest BCUT2D eigenvalue weighted by Crippen LogP contribution is 2.45. The van der Waals surface area contributed by atoms with E-state index in [-0.39, 0.29) is 41.8 Å². The zero-order chi connectivity index (χ0) is 26.4. The van der Waals surface area contributed by atoms with Crippen LogP contribution in [0.5, 0.6) is 0 Å². The molecule has 38 heavy (non-hydrogen) atoms. The number of carbonyl (C=O) groups is 1. The summed E-state index contributed by atoms with van der Waals surface area (Å²) in [6.07, 6.45) is 0. The number of piperidine rings is 2. The first-order valence-corrected chi connectivity index (χ1v) is 14.2. The third-order valence-corrected chi connectivity index (χ3v) is 9.06. The highest BCUT2D eigenvalue weighted by molar-refractivity contribution is 6.31. The predicted octanol–water partition coefficient (Wildman–Crippen LogP) is 6.52. The second kappa shape index (κ2) is 10.7. The van der Waals surface area contributed by atoms with Gasteiger partial charge in [-0.15, -0.1) is 0 Å². The number of nitrogens with two attached hydrogens (primary N) is 2. The number of benzene rings is 4. The van der Waals surface area contributed by atoms with E-state index in [1.54, 1.807) is 0 Å². The van der Waals surface area contributed by atoms with Gasteiger partial charge in [-0.2, -0.15) is 0 Å². The van der Waals surface area contributed by atoms with Gasteiger partial charge < -0.3 is 10.6 Å². The molecule has 4 N–H and O–H groups in total. The van der Waals surface area contributed by atoms with Crippen LogP contribution >= 0.6 is 46.4 Å². The molecule has 4 atom stereocenters. The van der Waals surface area contributed by atoms with E-state index in [4.69, 9.17) is 46.4 Å². The SMILES string of the molecule is O=C1C2C(c3ccc(Cl)cc3)[NH2+]C(c3ccc(Cl)cc3)C1C(c1ccc(Cl)cc1)[NH2+]C2c1ccc(Cl)cc1. The molecule has 4 aromatic rings. The van der Waals surface area contributed by atoms with E-state index in [0.29, 0.717) is 20.1 Å². The maximum Gasteiger partial charge on any atom is 0.164 e. The molecule has 2 bridgehead atoms. The summed E-state index contributed by atoms with van der Waals surface area (Å²) in [5.41, 5.74) is 4.34. The van der Waals surface area contributed by atoms with Crippen LogP contribution in [0.2, 0.25) is 20.1 Å². The number of hydrogen-bond acceptors (Lipinski definition) is 1. The van der Waals surface area contributed by atoms with E-state index < -0.39 is 0 Å². The number of halogens is 4. The molecule has 2 heterocycles. The van der Waals surface area contributed by atoms with E-state index in [1.807, 2.05) is 97.1 Å². The zero-order valence-corrected chi connectivity index (χ0v) is 23.3. The Balaban J connectivity index is 1.51. The van der Waals surface area contributed by atoms with Gasteiger partial charge in [-0.05, 0) is 48.5 Å². The lowest BCUT2D eigenvalue weighted by Gasteiger charge is -2.47. The van der Waals surface area contributed by atoms with Gasteiger partial charge in [0.2, 0.25) is 0 Å². The summed E-state index contributed by atoms with van der Waals surface area (Å²) in [6, 6.07) is 31.2. The van der Waals surface area contributed by atoms with Gasteiger partial charge in [-0.3, -0.25) is 4.79 Å². The van der Waals surface area contributed by atoms with Crippen molar-refractivity contribution < 1.29 is 15.4 Å². The fraction of sp³-hybridized carbons (Fsp3) is 0.194. The van der Waals surface area contributed by atoms with Crippen molar-refractivity contribution in [1.29, 1.82) is 0 Å². The Hall–Kier alpha value is -2.37. The highest BCUT2D eigenvalue weighted by atomic mass is 35.5. The van der Waals surface area contributed by atoms with Crippen LogP contribution in [0.1, 0.15) is 46.4 Å². The maximum absolute atomic E-state index is 14.7. The van der Waals surface area contributed by atoms with Gasteiger partial charge in [0.25, 0.3) is 0 Å². The number of hydrogen-bond donors (Lipinski definition) is 2. The van der Waals surface area contributed by atoms with E-state index in [0.717, 1.165) is 22.3 Å². The van der Waals surface area contributed by atoms with Gasteiger partial charge in [0.15, 0.2) is 5.78 Å². The van der Waals surface area contributed by atoms with E-state index in [1.165, 1.54) is 0 Å². The molecule has 192 valence electrons. The molecule has 4 aromatic carbocycles. The predicted molar refractivity (Wildman–Crippen MR) is 153 cm³/mol. The first-order chi connectivity index (χ1) is 18.4. The minimum absolute atomic E-state index is 0.0835. The molecule has 6 rings (SSSR count). The van der Waals surface area contributed by atoms with Crippen molar-refractivity contribution >= 4 is 52.2 Å². The topological polar surface area (TPSA) is 50.3 Å². The average molecular weight is 584 g/mol. The number of ketones is 1. The third-order valence-electron chi connectivity index (χ3n) is 8.05. The van der Waals surface area contributed by atoms with Crippen LogP contribution in [0, 0.1) is 11.8 Å². The summed E-state index contributed by atoms with van der Waals surface area (Å²) in [5.74, 6) is -0.210. The van der Waals surface area contributed by atoms with Crippen molar-refractivity contribution in [2.75, 3.05) is 0 Å². The van der Waals surface area contributed by atoms with Gasteiger partial charge in [0.05, 0.1) is 0 Å². The lowest BCUT2D eigenvalue weighted by Crippen LogP contribution is -3.02. The van der Waals surface area contributed by atoms with E-state index >= 15 is 0 Å². The lowest BCUT2D eigenvalue weighted by atomic mass is 9.64. The molecule has 0 amide bonds. The normalized spacial score (nSPS) is 26.8. The summed E-state index contributed by atoms with van der Waals surface area (Å²) >= 11 is 25.0. The van der Waals surface area contributed by atoms with Crippen LogP contribution < -0.4 is 10.6 Å². The molecular formula is C31H26Cl4N2O+2. The summed E-state index contributed by atoms with van der Waals surface area (Å²) in [4.78, 5) is 14.7. The first kappa shape index (κ1) is 25.9. The first-order valence-electron chi connectivity index (χ1n) is 12.6. The molecule has 0 aromatic heterocycles. The molecule has 2 fully saturated rings. The summed E-state index contributed by atoms with van der Waals surface area (Å²) < 4.78 is 0. The summed E-state index contributed by atoms with van der Waals surface area (Å²) in [6.45, 7) is 0. The highest BCUT2D eigenvalue weighted by Gasteiger charge is 2.60. The minimum atomic E-state index is -0.241. The quantitative estimate of drug-likeness (QED) is 0.282. The van der Waals surface area contributed by atoms with Crippen molar-refractivity contribution in [2.24, 2.45) is 11.8 Å². The van der Waals surface area contributed by atoms with Gasteiger partial charge in [-0.25, -0.2) is 0 Å². The number of rotatable bonds is 4. The Morgan fingerprint density at radius 1 is 0.395 bits per heavy atom. The zero-order valence-electron chi connectivity index (χ0n) is 20.3. The lowest BCUT2D eigenvalue weighted by molar-refractivity contribution is -0.815. The second-order valence-corrected chi connectivity index (χ2v) is 11.9. The molecule has 2 aliphatic heterocycles. The van der Waals surface area contributed by atoms with Crippen molar-refractivity contribution in [2.45, 2.75) is 24.2 Å². The smallest absolute Gasteiger partial charge is 0.164 e. The van der Waals surface area contributed by atoms with Crippen molar-refractivity contribution in [3.63, 3.8) is 0 Å². The molecule has 7 heteroatoms. The van der Waals surface area contributed by atoms with Crippen LogP contribution in [0.3, 0.4) is 0 Å². The summed E-state index contributed by atoms with van der Waals surface area (Å²) in [7, 11) is 0. The maximum atomic E-state index is 14.7. The molecule has 2 aliphatic rings. The van der Waals surface area contributed by atoms with Gasteiger partial charge >= 0.3 is 0 Å². The van der Waals surface area contributed by atoms with Gasteiger partial charge in [0.1, 0.15) is 36.0 Å². The Morgan fingerprint density at radius 2 is 0.605 bits per heavy atom. The largest absolute Gasteiger partial charge is 0.332 e. The molecule has 3 nitrogen and oxygen atoms in total. The number of fused-ring (bicyclic) bond motifs is 2. The Labute approximate surface area is 242 Å². The van der Waals surface area contributed by atoms with Crippen LogP contribution in [0.25, 0.3) is 0 Å². The van der Waals surface area contributed by atoms with E-state index in [2.05, 4.69) is 10.6 Å². The van der Waals surface area contributed by atoms with Crippen LogP contribution in [-0.2, 0) is 4.79 Å². The number of Topliss-reactive ketones (excluding diaryl/α,β-unsaturated/α-hetero) is 1. The molecule has 2 saturated heterocycles. The Kier molecular flexibility index (Phi) is 7.26. The van der Waals surface area contributed by atoms with Crippen molar-refractivity contribution in [3.8, 4) is 0 Å². The standard InChI is InChI=1S/C31H24Cl4N2O/c32-21-9-1-17(2-10-21)27-25-28(18-3-11-22(33)12-4-18)37-30(20-7-15-24(35)16-8-20)26(31(25)38)29(36-27)19-5-13-23(34)14-6-19/h1-16,25-30,36-37H/p+2. The molecule has 0 saturated carbocycles. The second-order valence-electron chi connectivity index (χ2n) is 10.1. The van der Waals surface area contributed by atoms with E-state index in [9.17, 15) is 4.79 Å². The fourth-order valence-electron chi connectivity index (χ4n) is 6.32. The van der Waals surface area contributed by atoms with Crippen LogP contribution in [0.15, 0.2) is 97.1 Å². The average Bonchev–Trinajstić information content (AvgIpc) is 2.91. The van der Waals surface area contributed by atoms with Crippen LogP contribution in [0.4, 0.5) is 0 Å². The fourth-order valence-corrected chi connectivity index (χ4v) is 6.82. The minimum Gasteiger partial charge on any atom is -0.332 e. The Bertz CT molecular complexity index is 1230. The van der Waals surface area contributed by atoms with Crippen molar-refractivity contribution in [3.05, 3.63) is 139 Å². The van der Waals surface area contributed by atoms with Crippen molar-refractivity contribution in [1.82, 2.24) is 0 Å². The van der Waals surface area contributed by atoms with Gasteiger partial charge in [0, 0.05) is 42.3 Å². The molecule has 0 aliphatic carbocycles. The third kappa shape index (κ3) is 4.88. The Morgan fingerprint density at radius 3 is 0.816 bits per heavy atom. The monoisotopic (exact) mass is 582 g/mol. The molecule has 4 unspecified atom stereocenters. The summed E-state index contributed by atoms with van der Waals surface area (Å²) in [5, 5.41) is 7.46. The van der Waals surface area contributed by atoms with Gasteiger partial charge in [-0.1, -0.05) is 94.9 Å². The van der Waals surface area contributed by atoms with Crippen LogP contribution in [-0.4, -0.2) is 5.78 Å². The number of carbonyl (C=O) groups excluding carboxylic acids is 1.